The van der Waals surface area contributed by atoms with Crippen molar-refractivity contribution >= 4 is 23.4 Å². The van der Waals surface area contributed by atoms with Crippen LogP contribution < -0.4 is 5.32 Å². The van der Waals surface area contributed by atoms with Crippen LogP contribution in [0.25, 0.3) is 0 Å². The van der Waals surface area contributed by atoms with E-state index in [1.807, 2.05) is 6.92 Å². The minimum Gasteiger partial charge on any atom is -0.468 e. The van der Waals surface area contributed by atoms with E-state index in [1.165, 1.54) is 25.3 Å². The first-order chi connectivity index (χ1) is 15.2. The molecule has 0 amide bonds. The molecule has 2 aliphatic rings. The minimum atomic E-state index is -1.06. The first kappa shape index (κ1) is 23.2. The average Bonchev–Trinajstić information content (AvgIpc) is 2.76. The van der Waals surface area contributed by atoms with E-state index >= 15 is 0 Å². The van der Waals surface area contributed by atoms with Crippen LogP contribution in [-0.4, -0.2) is 36.4 Å². The van der Waals surface area contributed by atoms with Crippen molar-refractivity contribution in [3.8, 4) is 0 Å². The minimum absolute atomic E-state index is 0.123. The highest BCUT2D eigenvalue weighted by Gasteiger charge is 2.48. The quantitative estimate of drug-likeness (QED) is 0.308. The molecule has 9 nitrogen and oxygen atoms in total. The summed E-state index contributed by atoms with van der Waals surface area (Å²) in [5, 5.41) is 14.9. The van der Waals surface area contributed by atoms with E-state index in [2.05, 4.69) is 5.32 Å². The molecule has 1 aromatic rings. The first-order valence-corrected chi connectivity index (χ1v) is 10.5. The highest BCUT2D eigenvalue weighted by atomic mass is 16.6. The van der Waals surface area contributed by atoms with Crippen LogP contribution in [0.3, 0.4) is 0 Å². The van der Waals surface area contributed by atoms with Gasteiger partial charge in [-0.05, 0) is 25.7 Å². The van der Waals surface area contributed by atoms with Crippen LogP contribution in [0.15, 0.2) is 46.8 Å². The van der Waals surface area contributed by atoms with Gasteiger partial charge in [-0.2, -0.15) is 0 Å². The number of ketones is 1. The van der Waals surface area contributed by atoms with Gasteiger partial charge in [0.15, 0.2) is 5.78 Å². The number of allylic oxidation sites excluding steroid dienone is 3. The lowest BCUT2D eigenvalue weighted by Crippen LogP contribution is -2.43. The largest absolute Gasteiger partial charge is 0.468 e. The second-order valence-corrected chi connectivity index (χ2v) is 7.99. The Kier molecular flexibility index (Phi) is 6.76. The molecule has 3 rings (SSSR count). The summed E-state index contributed by atoms with van der Waals surface area (Å²) in [6.45, 7) is 5.46. The van der Waals surface area contributed by atoms with Gasteiger partial charge in [0.1, 0.15) is 5.92 Å². The third-order valence-corrected chi connectivity index (χ3v) is 5.84. The van der Waals surface area contributed by atoms with Gasteiger partial charge in [-0.25, -0.2) is 4.79 Å². The molecule has 1 heterocycles. The van der Waals surface area contributed by atoms with Crippen LogP contribution in [0, 0.1) is 22.0 Å². The number of hydrogen-bond acceptors (Lipinski definition) is 8. The van der Waals surface area contributed by atoms with E-state index in [4.69, 9.17) is 9.47 Å². The molecular formula is C23H26N2O7. The summed E-state index contributed by atoms with van der Waals surface area (Å²) in [5.41, 5.74) is 1.28. The standard InChI is InChI=1S/C23H26N2O7/c1-5-10-32-23(28)18-13(3)24-15-11-12(2)17(22(27)31-4)21(26)20(15)19(18)14-8-6-7-9-16(14)25(29)30/h6-9,12,17,19,24H,5,10-11H2,1-4H3/t12-,17+,19-/m0/s1. The smallest absolute Gasteiger partial charge is 0.336 e. The number of methoxy groups -OCH3 is 1. The van der Waals surface area contributed by atoms with E-state index in [1.54, 1.807) is 19.9 Å². The Balaban J connectivity index is 2.24. The van der Waals surface area contributed by atoms with Crippen molar-refractivity contribution in [2.24, 2.45) is 11.8 Å². The number of benzene rings is 1. The molecule has 32 heavy (non-hydrogen) atoms. The van der Waals surface area contributed by atoms with Gasteiger partial charge in [-0.15, -0.1) is 0 Å². The maximum absolute atomic E-state index is 13.6. The molecule has 0 aromatic heterocycles. The number of para-hydroxylation sites is 1. The predicted octanol–water partition coefficient (Wildman–Crippen LogP) is 3.16. The number of nitro groups is 1. The number of rotatable bonds is 6. The molecule has 0 fully saturated rings. The monoisotopic (exact) mass is 442 g/mol. The number of carbonyl (C=O) groups is 3. The number of nitro benzene ring substituents is 1. The van der Waals surface area contributed by atoms with Gasteiger partial charge in [0, 0.05) is 28.6 Å². The van der Waals surface area contributed by atoms with Gasteiger partial charge in [0.25, 0.3) is 5.69 Å². The third kappa shape index (κ3) is 4.02. The second kappa shape index (κ2) is 9.33. The van der Waals surface area contributed by atoms with Crippen molar-refractivity contribution in [3.05, 3.63) is 62.5 Å². The topological polar surface area (TPSA) is 125 Å². The fourth-order valence-corrected chi connectivity index (χ4v) is 4.43. The van der Waals surface area contributed by atoms with E-state index in [0.29, 0.717) is 24.2 Å². The molecular weight excluding hydrogens is 416 g/mol. The normalized spacial score (nSPS) is 22.8. The Bertz CT molecular complexity index is 1040. The van der Waals surface area contributed by atoms with E-state index in [0.717, 1.165) is 0 Å². The van der Waals surface area contributed by atoms with Crippen molar-refractivity contribution < 1.29 is 28.8 Å². The summed E-state index contributed by atoms with van der Waals surface area (Å²) in [6, 6.07) is 5.99. The third-order valence-electron chi connectivity index (χ3n) is 5.84. The molecule has 0 bridgehead atoms. The lowest BCUT2D eigenvalue weighted by atomic mass is 9.69. The molecule has 0 radical (unpaired) electrons. The van der Waals surface area contributed by atoms with Crippen LogP contribution in [0.5, 0.6) is 0 Å². The van der Waals surface area contributed by atoms with Crippen LogP contribution in [0.2, 0.25) is 0 Å². The van der Waals surface area contributed by atoms with E-state index in [9.17, 15) is 24.5 Å². The molecule has 1 aliphatic heterocycles. The lowest BCUT2D eigenvalue weighted by Gasteiger charge is -2.38. The van der Waals surface area contributed by atoms with Gasteiger partial charge in [-0.1, -0.05) is 32.0 Å². The van der Waals surface area contributed by atoms with Gasteiger partial charge in [-0.3, -0.25) is 19.7 Å². The number of ether oxygens (including phenoxy) is 2. The lowest BCUT2D eigenvalue weighted by molar-refractivity contribution is -0.385. The molecule has 1 aromatic carbocycles. The maximum Gasteiger partial charge on any atom is 0.336 e. The fourth-order valence-electron chi connectivity index (χ4n) is 4.43. The molecule has 3 atom stereocenters. The molecule has 170 valence electrons. The molecule has 1 aliphatic carbocycles. The fraction of sp³-hybridized carbons (Fsp3) is 0.435. The number of hydrogen-bond donors (Lipinski definition) is 1. The highest BCUT2D eigenvalue weighted by molar-refractivity contribution is 6.12. The summed E-state index contributed by atoms with van der Waals surface area (Å²) >= 11 is 0. The average molecular weight is 442 g/mol. The zero-order valence-electron chi connectivity index (χ0n) is 18.5. The Hall–Kier alpha value is -3.49. The van der Waals surface area contributed by atoms with Crippen LogP contribution >= 0.6 is 0 Å². The number of esters is 2. The molecule has 0 spiro atoms. The Morgan fingerprint density at radius 1 is 1.28 bits per heavy atom. The van der Waals surface area contributed by atoms with Crippen LogP contribution in [0.1, 0.15) is 45.1 Å². The summed E-state index contributed by atoms with van der Waals surface area (Å²) in [6.07, 6.45) is 0.947. The zero-order chi connectivity index (χ0) is 23.6. The Labute approximate surface area is 185 Å². The SMILES string of the molecule is CCCOC(=O)C1=C(C)NC2=C(C(=O)[C@H](C(=O)OC)[C@@H](C)C2)[C@H]1c1ccccc1[N+](=O)[O-]. The Morgan fingerprint density at radius 2 is 1.97 bits per heavy atom. The van der Waals surface area contributed by atoms with E-state index < -0.39 is 34.5 Å². The number of carbonyl (C=O) groups excluding carboxylic acids is 3. The summed E-state index contributed by atoms with van der Waals surface area (Å²) in [5.74, 6) is -4.27. The Morgan fingerprint density at radius 3 is 2.59 bits per heavy atom. The number of nitrogens with zero attached hydrogens (tertiary/aromatic N) is 1. The molecule has 9 heteroatoms. The predicted molar refractivity (Wildman–Crippen MR) is 114 cm³/mol. The first-order valence-electron chi connectivity index (χ1n) is 10.5. The number of Topliss-reactive ketones (excluding diaryl/α,β-unsaturated/α-hetero) is 1. The van der Waals surface area contributed by atoms with E-state index in [-0.39, 0.29) is 34.9 Å². The maximum atomic E-state index is 13.6. The van der Waals surface area contributed by atoms with Gasteiger partial charge in [0.2, 0.25) is 0 Å². The van der Waals surface area contributed by atoms with Crippen LogP contribution in [0.4, 0.5) is 5.69 Å². The molecule has 1 N–H and O–H groups in total. The van der Waals surface area contributed by atoms with Crippen molar-refractivity contribution in [1.82, 2.24) is 5.32 Å². The van der Waals surface area contributed by atoms with Gasteiger partial charge in [0.05, 0.1) is 30.1 Å². The zero-order valence-corrected chi connectivity index (χ0v) is 18.5. The molecule has 0 saturated heterocycles. The van der Waals surface area contributed by atoms with Crippen molar-refractivity contribution in [1.29, 1.82) is 0 Å². The highest BCUT2D eigenvalue weighted by Crippen LogP contribution is 2.47. The van der Waals surface area contributed by atoms with Gasteiger partial charge < -0.3 is 14.8 Å². The van der Waals surface area contributed by atoms with Crippen LogP contribution in [-0.2, 0) is 23.9 Å². The molecule has 0 saturated carbocycles. The van der Waals surface area contributed by atoms with Gasteiger partial charge >= 0.3 is 11.9 Å². The molecule has 0 unspecified atom stereocenters. The summed E-state index contributed by atoms with van der Waals surface area (Å²) in [4.78, 5) is 50.3. The summed E-state index contributed by atoms with van der Waals surface area (Å²) < 4.78 is 10.2. The van der Waals surface area contributed by atoms with Crippen molar-refractivity contribution in [2.75, 3.05) is 13.7 Å². The summed E-state index contributed by atoms with van der Waals surface area (Å²) in [7, 11) is 1.21. The van der Waals surface area contributed by atoms with Crippen molar-refractivity contribution in [2.45, 2.75) is 39.5 Å². The second-order valence-electron chi connectivity index (χ2n) is 7.99. The number of dihydropyridines is 1. The van der Waals surface area contributed by atoms with Crippen molar-refractivity contribution in [3.63, 3.8) is 0 Å². The number of nitrogens with one attached hydrogen (secondary N) is 1.